The van der Waals surface area contributed by atoms with Crippen LogP contribution in [0, 0.1) is 12.3 Å². The molecule has 0 saturated carbocycles. The first-order valence-electron chi connectivity index (χ1n) is 11.8. The van der Waals surface area contributed by atoms with Gasteiger partial charge in [0.15, 0.2) is 0 Å². The molecule has 0 fully saturated rings. The Hall–Kier alpha value is -3.67. The molecular weight excluding hydrogens is 438 g/mol. The molecule has 0 radical (unpaired) electrons. The van der Waals surface area contributed by atoms with Crippen molar-refractivity contribution in [2.75, 3.05) is 13.6 Å². The van der Waals surface area contributed by atoms with E-state index in [0.29, 0.717) is 17.7 Å². The smallest absolute Gasteiger partial charge is 0.256 e. The van der Waals surface area contributed by atoms with Gasteiger partial charge in [-0.15, -0.1) is 0 Å². The molecule has 1 atom stereocenters. The molecule has 0 aliphatic carbocycles. The van der Waals surface area contributed by atoms with Crippen LogP contribution in [0.2, 0.25) is 0 Å². The summed E-state index contributed by atoms with van der Waals surface area (Å²) in [6, 6.07) is 20.9. The van der Waals surface area contributed by atoms with Crippen LogP contribution in [0.25, 0.3) is 0 Å². The van der Waals surface area contributed by atoms with Crippen LogP contribution in [0.3, 0.4) is 0 Å². The standard InChI is InChI=1S/C29H35N3O3/c1-20-17-23(18-31(6)27(20)34)28(35)32(25(26(33)30-5)29(2,3)4)19-24(21-13-9-7-10-14-21)22-15-11-8-12-16-22/h7-18,24-25H,19H2,1-6H3,(H,30,33). The van der Waals surface area contributed by atoms with Gasteiger partial charge in [-0.25, -0.2) is 0 Å². The molecule has 184 valence electrons. The molecule has 1 N–H and O–H groups in total. The number of nitrogens with one attached hydrogen (secondary N) is 1. The highest BCUT2D eigenvalue weighted by molar-refractivity contribution is 5.97. The Labute approximate surface area is 207 Å². The van der Waals surface area contributed by atoms with Crippen molar-refractivity contribution in [3.8, 4) is 0 Å². The Morgan fingerprint density at radius 1 is 0.971 bits per heavy atom. The third-order valence-electron chi connectivity index (χ3n) is 6.28. The van der Waals surface area contributed by atoms with Crippen LogP contribution in [0.1, 0.15) is 53.7 Å². The summed E-state index contributed by atoms with van der Waals surface area (Å²) in [4.78, 5) is 41.3. The summed E-state index contributed by atoms with van der Waals surface area (Å²) in [5, 5.41) is 2.76. The lowest BCUT2D eigenvalue weighted by Crippen LogP contribution is -2.56. The number of nitrogens with zero attached hydrogens (tertiary/aromatic N) is 2. The molecule has 3 rings (SSSR count). The molecule has 1 aromatic heterocycles. The molecule has 2 aromatic carbocycles. The van der Waals surface area contributed by atoms with E-state index in [4.69, 9.17) is 0 Å². The number of aryl methyl sites for hydroxylation is 2. The lowest BCUT2D eigenvalue weighted by atomic mass is 9.83. The van der Waals surface area contributed by atoms with Crippen LogP contribution in [0.4, 0.5) is 0 Å². The largest absolute Gasteiger partial charge is 0.357 e. The highest BCUT2D eigenvalue weighted by Gasteiger charge is 2.40. The average Bonchev–Trinajstić information content (AvgIpc) is 2.84. The topological polar surface area (TPSA) is 71.4 Å². The van der Waals surface area contributed by atoms with Crippen molar-refractivity contribution in [3.63, 3.8) is 0 Å². The fraction of sp³-hybridized carbons (Fsp3) is 0.345. The third kappa shape index (κ3) is 5.88. The van der Waals surface area contributed by atoms with Gasteiger partial charge in [0.2, 0.25) is 5.91 Å². The number of likely N-dealkylation sites (N-methyl/N-ethyl adjacent to an activating group) is 1. The van der Waals surface area contributed by atoms with E-state index in [1.165, 1.54) is 4.57 Å². The maximum atomic E-state index is 14.1. The van der Waals surface area contributed by atoms with E-state index < -0.39 is 11.5 Å². The Bertz CT molecular complexity index is 1160. The minimum absolute atomic E-state index is 0.149. The molecule has 0 aliphatic rings. The summed E-state index contributed by atoms with van der Waals surface area (Å²) in [6.45, 7) is 7.86. The number of carbonyl (C=O) groups excluding carboxylic acids is 2. The summed E-state index contributed by atoms with van der Waals surface area (Å²) < 4.78 is 1.42. The minimum atomic E-state index is -0.729. The minimum Gasteiger partial charge on any atom is -0.357 e. The van der Waals surface area contributed by atoms with Gasteiger partial charge in [-0.2, -0.15) is 0 Å². The number of hydrogen-bond donors (Lipinski definition) is 1. The first-order valence-corrected chi connectivity index (χ1v) is 11.8. The summed E-state index contributed by atoms with van der Waals surface area (Å²) in [6.07, 6.45) is 1.55. The van der Waals surface area contributed by atoms with Crippen molar-refractivity contribution in [2.45, 2.75) is 39.7 Å². The summed E-state index contributed by atoms with van der Waals surface area (Å²) >= 11 is 0. The van der Waals surface area contributed by atoms with Gasteiger partial charge in [0, 0.05) is 38.3 Å². The van der Waals surface area contributed by atoms with Crippen molar-refractivity contribution >= 4 is 11.8 Å². The second kappa shape index (κ2) is 10.7. The van der Waals surface area contributed by atoms with Gasteiger partial charge in [-0.1, -0.05) is 81.4 Å². The molecule has 35 heavy (non-hydrogen) atoms. The van der Waals surface area contributed by atoms with Crippen molar-refractivity contribution in [3.05, 3.63) is 106 Å². The molecule has 0 spiro atoms. The quantitative estimate of drug-likeness (QED) is 0.561. The van der Waals surface area contributed by atoms with Crippen molar-refractivity contribution in [1.29, 1.82) is 0 Å². The maximum Gasteiger partial charge on any atom is 0.256 e. The van der Waals surface area contributed by atoms with E-state index in [-0.39, 0.29) is 23.3 Å². The number of benzene rings is 2. The molecule has 2 amide bonds. The van der Waals surface area contributed by atoms with Crippen molar-refractivity contribution in [1.82, 2.24) is 14.8 Å². The molecule has 6 heteroatoms. The number of pyridine rings is 1. The number of amides is 2. The lowest BCUT2D eigenvalue weighted by molar-refractivity contribution is -0.128. The van der Waals surface area contributed by atoms with Crippen LogP contribution < -0.4 is 10.9 Å². The first kappa shape index (κ1) is 25.9. The fourth-order valence-corrected chi connectivity index (χ4v) is 4.58. The predicted octanol–water partition coefficient (Wildman–Crippen LogP) is 4.13. The fourth-order valence-electron chi connectivity index (χ4n) is 4.58. The second-order valence-electron chi connectivity index (χ2n) is 10.0. The van der Waals surface area contributed by atoms with E-state index in [1.807, 2.05) is 81.4 Å². The number of aromatic nitrogens is 1. The number of carbonyl (C=O) groups is 2. The highest BCUT2D eigenvalue weighted by Crippen LogP contribution is 2.32. The summed E-state index contributed by atoms with van der Waals surface area (Å²) in [5.74, 6) is -0.666. The second-order valence-corrected chi connectivity index (χ2v) is 10.0. The van der Waals surface area contributed by atoms with Crippen LogP contribution in [0.5, 0.6) is 0 Å². The van der Waals surface area contributed by atoms with E-state index in [0.717, 1.165) is 11.1 Å². The molecule has 3 aromatic rings. The van der Waals surface area contributed by atoms with Gasteiger partial charge in [-0.05, 0) is 29.5 Å². The molecule has 0 aliphatic heterocycles. The molecule has 1 unspecified atom stereocenters. The number of rotatable bonds is 7. The summed E-state index contributed by atoms with van der Waals surface area (Å²) in [5.41, 5.74) is 2.27. The average molecular weight is 474 g/mol. The van der Waals surface area contributed by atoms with Gasteiger partial charge >= 0.3 is 0 Å². The number of hydrogen-bond acceptors (Lipinski definition) is 3. The van der Waals surface area contributed by atoms with Crippen molar-refractivity contribution in [2.24, 2.45) is 12.5 Å². The first-order chi connectivity index (χ1) is 16.5. The Morgan fingerprint density at radius 2 is 1.49 bits per heavy atom. The Balaban J connectivity index is 2.19. The maximum absolute atomic E-state index is 14.1. The normalized spacial score (nSPS) is 12.3. The van der Waals surface area contributed by atoms with Crippen LogP contribution in [-0.4, -0.2) is 40.9 Å². The Morgan fingerprint density at radius 3 is 1.91 bits per heavy atom. The molecule has 6 nitrogen and oxygen atoms in total. The van der Waals surface area contributed by atoms with E-state index in [2.05, 4.69) is 5.32 Å². The third-order valence-corrected chi connectivity index (χ3v) is 6.28. The molecule has 0 bridgehead atoms. The van der Waals surface area contributed by atoms with Gasteiger partial charge in [0.05, 0.1) is 5.56 Å². The lowest BCUT2D eigenvalue weighted by Gasteiger charge is -2.40. The molecule has 0 saturated heterocycles. The zero-order valence-corrected chi connectivity index (χ0v) is 21.4. The summed E-state index contributed by atoms with van der Waals surface area (Å²) in [7, 11) is 3.22. The predicted molar refractivity (Wildman–Crippen MR) is 139 cm³/mol. The van der Waals surface area contributed by atoms with Crippen molar-refractivity contribution < 1.29 is 9.59 Å². The van der Waals surface area contributed by atoms with E-state index in [9.17, 15) is 14.4 Å². The van der Waals surface area contributed by atoms with E-state index >= 15 is 0 Å². The van der Waals surface area contributed by atoms with Gasteiger partial charge in [-0.3, -0.25) is 14.4 Å². The zero-order chi connectivity index (χ0) is 25.8. The van der Waals surface area contributed by atoms with E-state index in [1.54, 1.807) is 38.2 Å². The van der Waals surface area contributed by atoms with Gasteiger partial charge in [0.1, 0.15) is 6.04 Å². The zero-order valence-electron chi connectivity index (χ0n) is 21.4. The van der Waals surface area contributed by atoms with Crippen LogP contribution in [0.15, 0.2) is 77.7 Å². The Kier molecular flexibility index (Phi) is 7.95. The van der Waals surface area contributed by atoms with Crippen LogP contribution >= 0.6 is 0 Å². The monoisotopic (exact) mass is 473 g/mol. The van der Waals surface area contributed by atoms with Gasteiger partial charge in [0.25, 0.3) is 11.5 Å². The van der Waals surface area contributed by atoms with Gasteiger partial charge < -0.3 is 14.8 Å². The SMILES string of the molecule is CNC(=O)C(N(CC(c1ccccc1)c1ccccc1)C(=O)c1cc(C)c(=O)n(C)c1)C(C)(C)C. The van der Waals surface area contributed by atoms with Crippen LogP contribution in [-0.2, 0) is 11.8 Å². The molecular formula is C29H35N3O3. The molecule has 1 heterocycles. The highest BCUT2D eigenvalue weighted by atomic mass is 16.2.